The smallest absolute Gasteiger partial charge is 0.270 e. The van der Waals surface area contributed by atoms with Gasteiger partial charge >= 0.3 is 0 Å². The Bertz CT molecular complexity index is 694. The standard InChI is InChI=1S/C15H19N3O3/c1-10(2)12(6-8-19)17-14(20)11-9-16-13-5-3-4-7-18(13)15(11)21/h3-5,7,9-10,12,19H,6,8H2,1-2H3,(H,17,20). The second-order valence-electron chi connectivity index (χ2n) is 5.24. The first-order chi connectivity index (χ1) is 10.0. The van der Waals surface area contributed by atoms with Crippen LogP contribution in [0.5, 0.6) is 0 Å². The molecule has 0 aromatic carbocycles. The highest BCUT2D eigenvalue weighted by molar-refractivity contribution is 5.93. The normalized spacial score (nSPS) is 12.6. The van der Waals surface area contributed by atoms with Crippen LogP contribution in [-0.2, 0) is 0 Å². The van der Waals surface area contributed by atoms with Crippen molar-refractivity contribution in [2.24, 2.45) is 5.92 Å². The van der Waals surface area contributed by atoms with E-state index >= 15 is 0 Å². The highest BCUT2D eigenvalue weighted by Gasteiger charge is 2.19. The van der Waals surface area contributed by atoms with Crippen molar-refractivity contribution in [3.63, 3.8) is 0 Å². The van der Waals surface area contributed by atoms with E-state index in [9.17, 15) is 9.59 Å². The van der Waals surface area contributed by atoms with Crippen molar-refractivity contribution in [2.45, 2.75) is 26.3 Å². The SMILES string of the molecule is CC(C)C(CCO)NC(=O)c1cnc2ccccn2c1=O. The van der Waals surface area contributed by atoms with Crippen molar-refractivity contribution in [1.29, 1.82) is 0 Å². The number of carbonyl (C=O) groups excluding carboxylic acids is 1. The van der Waals surface area contributed by atoms with E-state index in [0.717, 1.165) is 0 Å². The maximum Gasteiger partial charge on any atom is 0.270 e. The number of aliphatic hydroxyl groups excluding tert-OH is 1. The van der Waals surface area contributed by atoms with Gasteiger partial charge in [0.25, 0.3) is 11.5 Å². The van der Waals surface area contributed by atoms with Crippen molar-refractivity contribution in [1.82, 2.24) is 14.7 Å². The fourth-order valence-electron chi connectivity index (χ4n) is 2.14. The van der Waals surface area contributed by atoms with Crippen molar-refractivity contribution in [2.75, 3.05) is 6.61 Å². The monoisotopic (exact) mass is 289 g/mol. The molecule has 0 radical (unpaired) electrons. The molecule has 0 spiro atoms. The predicted molar refractivity (Wildman–Crippen MR) is 79.3 cm³/mol. The molecule has 0 aliphatic carbocycles. The number of rotatable bonds is 5. The number of hydrogen-bond donors (Lipinski definition) is 2. The summed E-state index contributed by atoms with van der Waals surface area (Å²) in [5, 5.41) is 11.8. The van der Waals surface area contributed by atoms with Crippen LogP contribution in [0, 0.1) is 5.92 Å². The number of hydrogen-bond acceptors (Lipinski definition) is 4. The van der Waals surface area contributed by atoms with Gasteiger partial charge in [0.1, 0.15) is 11.2 Å². The maximum absolute atomic E-state index is 12.3. The molecule has 2 heterocycles. The Morgan fingerprint density at radius 1 is 1.43 bits per heavy atom. The summed E-state index contributed by atoms with van der Waals surface area (Å²) in [4.78, 5) is 28.7. The average Bonchev–Trinajstić information content (AvgIpc) is 2.47. The van der Waals surface area contributed by atoms with Crippen LogP contribution in [0.1, 0.15) is 30.6 Å². The minimum Gasteiger partial charge on any atom is -0.396 e. The molecule has 0 saturated heterocycles. The molecule has 0 aliphatic heterocycles. The summed E-state index contributed by atoms with van der Waals surface area (Å²) in [6.45, 7) is 3.89. The first-order valence-electron chi connectivity index (χ1n) is 6.92. The number of nitrogens with one attached hydrogen (secondary N) is 1. The van der Waals surface area contributed by atoms with E-state index in [2.05, 4.69) is 10.3 Å². The van der Waals surface area contributed by atoms with Crippen molar-refractivity contribution in [3.05, 3.63) is 46.5 Å². The fourth-order valence-corrected chi connectivity index (χ4v) is 2.14. The van der Waals surface area contributed by atoms with E-state index in [1.54, 1.807) is 24.4 Å². The zero-order chi connectivity index (χ0) is 15.4. The van der Waals surface area contributed by atoms with Crippen LogP contribution in [0.4, 0.5) is 0 Å². The molecule has 112 valence electrons. The molecule has 0 fully saturated rings. The molecule has 21 heavy (non-hydrogen) atoms. The molecule has 0 aliphatic rings. The van der Waals surface area contributed by atoms with Gasteiger partial charge in [0.15, 0.2) is 0 Å². The highest BCUT2D eigenvalue weighted by atomic mass is 16.3. The molecule has 2 rings (SSSR count). The third kappa shape index (κ3) is 3.28. The zero-order valence-electron chi connectivity index (χ0n) is 12.1. The first-order valence-corrected chi connectivity index (χ1v) is 6.92. The second kappa shape index (κ2) is 6.49. The summed E-state index contributed by atoms with van der Waals surface area (Å²) in [5.41, 5.74) is 0.0988. The summed E-state index contributed by atoms with van der Waals surface area (Å²) in [6.07, 6.45) is 3.32. The maximum atomic E-state index is 12.3. The number of pyridine rings is 1. The summed E-state index contributed by atoms with van der Waals surface area (Å²) in [6, 6.07) is 5.00. The van der Waals surface area contributed by atoms with Gasteiger partial charge in [-0.3, -0.25) is 14.0 Å². The van der Waals surface area contributed by atoms with Crippen LogP contribution in [0.2, 0.25) is 0 Å². The van der Waals surface area contributed by atoms with E-state index in [1.165, 1.54) is 10.6 Å². The molecular formula is C15H19N3O3. The van der Waals surface area contributed by atoms with Crippen LogP contribution >= 0.6 is 0 Å². The van der Waals surface area contributed by atoms with Crippen LogP contribution in [-0.4, -0.2) is 33.0 Å². The lowest BCUT2D eigenvalue weighted by Crippen LogP contribution is -2.41. The molecule has 2 aromatic heterocycles. The molecule has 6 nitrogen and oxygen atoms in total. The van der Waals surface area contributed by atoms with E-state index in [-0.39, 0.29) is 24.1 Å². The zero-order valence-corrected chi connectivity index (χ0v) is 12.1. The lowest BCUT2D eigenvalue weighted by atomic mass is 10.0. The van der Waals surface area contributed by atoms with Crippen molar-refractivity contribution < 1.29 is 9.90 Å². The number of aromatic nitrogens is 2. The summed E-state index contributed by atoms with van der Waals surface area (Å²) in [7, 11) is 0. The Morgan fingerprint density at radius 2 is 2.19 bits per heavy atom. The lowest BCUT2D eigenvalue weighted by molar-refractivity contribution is 0.0914. The summed E-state index contributed by atoms with van der Waals surface area (Å²) < 4.78 is 1.34. The van der Waals surface area contributed by atoms with Gasteiger partial charge in [0.2, 0.25) is 0 Å². The van der Waals surface area contributed by atoms with Gasteiger partial charge < -0.3 is 10.4 Å². The Hall–Kier alpha value is -2.21. The van der Waals surface area contributed by atoms with Gasteiger partial charge in [-0.05, 0) is 24.5 Å². The molecule has 2 aromatic rings. The third-order valence-electron chi connectivity index (χ3n) is 3.42. The lowest BCUT2D eigenvalue weighted by Gasteiger charge is -2.21. The number of amides is 1. The number of fused-ring (bicyclic) bond motifs is 1. The fraction of sp³-hybridized carbons (Fsp3) is 0.400. The van der Waals surface area contributed by atoms with Gasteiger partial charge in [-0.15, -0.1) is 0 Å². The average molecular weight is 289 g/mol. The Balaban J connectivity index is 2.31. The molecule has 2 N–H and O–H groups in total. The van der Waals surface area contributed by atoms with Crippen LogP contribution < -0.4 is 10.9 Å². The first kappa shape index (κ1) is 15.2. The number of carbonyl (C=O) groups is 1. The minimum absolute atomic E-state index is 0.00212. The van der Waals surface area contributed by atoms with Crippen molar-refractivity contribution >= 4 is 11.6 Å². The van der Waals surface area contributed by atoms with E-state index < -0.39 is 11.5 Å². The van der Waals surface area contributed by atoms with Gasteiger partial charge in [-0.2, -0.15) is 0 Å². The molecule has 0 bridgehead atoms. The number of nitrogens with zero attached hydrogens (tertiary/aromatic N) is 2. The molecule has 6 heteroatoms. The second-order valence-corrected chi connectivity index (χ2v) is 5.24. The molecule has 1 atom stereocenters. The van der Waals surface area contributed by atoms with Gasteiger partial charge in [-0.25, -0.2) is 4.98 Å². The Morgan fingerprint density at radius 3 is 2.86 bits per heavy atom. The van der Waals surface area contributed by atoms with Crippen LogP contribution in [0.15, 0.2) is 35.4 Å². The summed E-state index contributed by atoms with van der Waals surface area (Å²) in [5.74, 6) is -0.296. The Kier molecular flexibility index (Phi) is 4.70. The van der Waals surface area contributed by atoms with Gasteiger partial charge in [0, 0.05) is 25.0 Å². The predicted octanol–water partition coefficient (Wildman–Crippen LogP) is 0.831. The van der Waals surface area contributed by atoms with E-state index in [1.807, 2.05) is 13.8 Å². The molecule has 0 saturated carbocycles. The van der Waals surface area contributed by atoms with Crippen LogP contribution in [0.25, 0.3) is 5.65 Å². The van der Waals surface area contributed by atoms with Crippen LogP contribution in [0.3, 0.4) is 0 Å². The van der Waals surface area contributed by atoms with E-state index in [0.29, 0.717) is 12.1 Å². The molecule has 1 unspecified atom stereocenters. The number of aliphatic hydroxyl groups is 1. The molecular weight excluding hydrogens is 270 g/mol. The minimum atomic E-state index is -0.460. The Labute approximate surface area is 122 Å². The van der Waals surface area contributed by atoms with Gasteiger partial charge in [-0.1, -0.05) is 19.9 Å². The van der Waals surface area contributed by atoms with E-state index in [4.69, 9.17) is 5.11 Å². The largest absolute Gasteiger partial charge is 0.396 e. The topological polar surface area (TPSA) is 83.7 Å². The quantitative estimate of drug-likeness (QED) is 0.854. The highest BCUT2D eigenvalue weighted by Crippen LogP contribution is 2.06. The molecule has 1 amide bonds. The van der Waals surface area contributed by atoms with Crippen molar-refractivity contribution in [3.8, 4) is 0 Å². The van der Waals surface area contributed by atoms with Gasteiger partial charge in [0.05, 0.1) is 0 Å². The third-order valence-corrected chi connectivity index (χ3v) is 3.42. The summed E-state index contributed by atoms with van der Waals surface area (Å²) >= 11 is 0.